The zero-order valence-corrected chi connectivity index (χ0v) is 12.7. The number of sulfonamides is 1. The number of carboxylic acid groups (broad SMARTS) is 1. The van der Waals surface area contributed by atoms with Gasteiger partial charge in [0.25, 0.3) is 0 Å². The number of aromatic carboxylic acids is 1. The van der Waals surface area contributed by atoms with Crippen LogP contribution >= 0.6 is 11.3 Å². The van der Waals surface area contributed by atoms with Crippen LogP contribution in [0.5, 0.6) is 0 Å². The number of hydrogen-bond donors (Lipinski definition) is 2. The second-order valence-electron chi connectivity index (χ2n) is 4.84. The van der Waals surface area contributed by atoms with Gasteiger partial charge in [0.2, 0.25) is 10.0 Å². The summed E-state index contributed by atoms with van der Waals surface area (Å²) in [6, 6.07) is 4.85. The van der Waals surface area contributed by atoms with E-state index in [0.29, 0.717) is 6.54 Å². The van der Waals surface area contributed by atoms with Crippen LogP contribution in [0.1, 0.15) is 34.2 Å². The summed E-state index contributed by atoms with van der Waals surface area (Å²) in [6.45, 7) is 0.457. The van der Waals surface area contributed by atoms with Gasteiger partial charge < -0.3 is 10.1 Å². The van der Waals surface area contributed by atoms with Gasteiger partial charge in [0, 0.05) is 17.6 Å². The number of H-pyrrole nitrogens is 1. The van der Waals surface area contributed by atoms with Gasteiger partial charge in [-0.25, -0.2) is 13.2 Å². The average Bonchev–Trinajstić information content (AvgIpc) is 3.19. The molecule has 1 aliphatic rings. The van der Waals surface area contributed by atoms with E-state index >= 15 is 0 Å². The van der Waals surface area contributed by atoms with E-state index in [4.69, 9.17) is 5.11 Å². The second kappa shape index (κ2) is 5.28. The van der Waals surface area contributed by atoms with Gasteiger partial charge in [0.1, 0.15) is 10.6 Å². The summed E-state index contributed by atoms with van der Waals surface area (Å²) in [5.41, 5.74) is -0.125. The summed E-state index contributed by atoms with van der Waals surface area (Å²) < 4.78 is 26.9. The summed E-state index contributed by atoms with van der Waals surface area (Å²) in [5, 5.41) is 10.8. The lowest BCUT2D eigenvalue weighted by molar-refractivity contribution is 0.0691. The zero-order chi connectivity index (χ0) is 15.0. The maximum absolute atomic E-state index is 12.7. The number of carboxylic acids is 1. The molecule has 0 aromatic carbocycles. The fraction of sp³-hybridized carbons (Fsp3) is 0.308. The molecule has 1 aliphatic heterocycles. The van der Waals surface area contributed by atoms with Crippen molar-refractivity contribution in [1.29, 1.82) is 0 Å². The van der Waals surface area contributed by atoms with Crippen molar-refractivity contribution in [2.24, 2.45) is 0 Å². The highest BCUT2D eigenvalue weighted by Gasteiger charge is 2.37. The smallest absolute Gasteiger partial charge is 0.352 e. The minimum atomic E-state index is -3.68. The summed E-state index contributed by atoms with van der Waals surface area (Å²) in [4.78, 5) is 14.4. The van der Waals surface area contributed by atoms with E-state index in [0.717, 1.165) is 17.7 Å². The third kappa shape index (κ3) is 2.50. The molecule has 0 radical (unpaired) electrons. The lowest BCUT2D eigenvalue weighted by atomic mass is 10.2. The predicted octanol–water partition coefficient (Wildman–Crippen LogP) is 2.30. The van der Waals surface area contributed by atoms with Gasteiger partial charge in [-0.3, -0.25) is 0 Å². The molecular weight excluding hydrogens is 312 g/mol. The maximum atomic E-state index is 12.7. The van der Waals surface area contributed by atoms with Crippen molar-refractivity contribution in [2.45, 2.75) is 23.8 Å². The molecule has 3 rings (SSSR count). The first-order valence-corrected chi connectivity index (χ1v) is 8.79. The zero-order valence-electron chi connectivity index (χ0n) is 11.0. The Morgan fingerprint density at radius 3 is 2.90 bits per heavy atom. The Bertz CT molecular complexity index is 749. The van der Waals surface area contributed by atoms with Gasteiger partial charge in [-0.2, -0.15) is 4.31 Å². The van der Waals surface area contributed by atoms with E-state index in [1.54, 1.807) is 0 Å². The number of carbonyl (C=O) groups is 1. The predicted molar refractivity (Wildman–Crippen MR) is 77.9 cm³/mol. The van der Waals surface area contributed by atoms with Crippen molar-refractivity contribution in [3.8, 4) is 0 Å². The van der Waals surface area contributed by atoms with Gasteiger partial charge in [-0.15, -0.1) is 11.3 Å². The molecule has 0 saturated carbocycles. The van der Waals surface area contributed by atoms with E-state index in [9.17, 15) is 13.2 Å². The molecule has 1 fully saturated rings. The minimum Gasteiger partial charge on any atom is -0.477 e. The lowest BCUT2D eigenvalue weighted by Gasteiger charge is -2.22. The molecular formula is C13H14N2O4S2. The Labute approximate surface area is 126 Å². The van der Waals surface area contributed by atoms with Gasteiger partial charge in [0.05, 0.1) is 6.04 Å². The Balaban J connectivity index is 1.95. The van der Waals surface area contributed by atoms with Gasteiger partial charge in [-0.05, 0) is 30.4 Å². The first-order chi connectivity index (χ1) is 10.00. The quantitative estimate of drug-likeness (QED) is 0.902. The molecule has 0 spiro atoms. The number of aromatic nitrogens is 1. The van der Waals surface area contributed by atoms with Crippen LogP contribution in [-0.2, 0) is 10.0 Å². The molecule has 6 nitrogen and oxygen atoms in total. The molecule has 21 heavy (non-hydrogen) atoms. The monoisotopic (exact) mass is 326 g/mol. The van der Waals surface area contributed by atoms with E-state index in [1.165, 1.54) is 27.9 Å². The third-order valence-electron chi connectivity index (χ3n) is 3.57. The highest BCUT2D eigenvalue weighted by molar-refractivity contribution is 7.89. The Kier molecular flexibility index (Phi) is 3.60. The Hall–Kier alpha value is -1.64. The number of nitrogens with one attached hydrogen (secondary N) is 1. The first-order valence-electron chi connectivity index (χ1n) is 6.47. The molecule has 0 aliphatic carbocycles. The van der Waals surface area contributed by atoms with Gasteiger partial charge >= 0.3 is 5.97 Å². The Morgan fingerprint density at radius 2 is 2.29 bits per heavy atom. The normalized spacial score (nSPS) is 19.9. The topological polar surface area (TPSA) is 90.5 Å². The SMILES string of the molecule is O=C(O)c1cc(S(=O)(=O)N2CCCC2c2cccs2)c[nH]1. The molecule has 2 aromatic rings. The number of thiophene rings is 1. The molecule has 2 N–H and O–H groups in total. The minimum absolute atomic E-state index is 0.00311. The summed E-state index contributed by atoms with van der Waals surface area (Å²) in [5.74, 6) is -1.17. The van der Waals surface area contributed by atoms with E-state index in [2.05, 4.69) is 4.98 Å². The van der Waals surface area contributed by atoms with Crippen LogP contribution in [0.2, 0.25) is 0 Å². The van der Waals surface area contributed by atoms with Crippen LogP contribution in [0.4, 0.5) is 0 Å². The fourth-order valence-corrected chi connectivity index (χ4v) is 5.18. The molecule has 8 heteroatoms. The Morgan fingerprint density at radius 1 is 1.48 bits per heavy atom. The average molecular weight is 326 g/mol. The number of hydrogen-bond acceptors (Lipinski definition) is 4. The number of aromatic amines is 1. The maximum Gasteiger partial charge on any atom is 0.352 e. The fourth-order valence-electron chi connectivity index (χ4n) is 2.58. The van der Waals surface area contributed by atoms with E-state index in [1.807, 2.05) is 17.5 Å². The number of nitrogens with zero attached hydrogens (tertiary/aromatic N) is 1. The van der Waals surface area contributed by atoms with Crippen LogP contribution < -0.4 is 0 Å². The van der Waals surface area contributed by atoms with Crippen LogP contribution in [-0.4, -0.2) is 35.3 Å². The van der Waals surface area contributed by atoms with Crippen LogP contribution in [0.3, 0.4) is 0 Å². The molecule has 2 aromatic heterocycles. The highest BCUT2D eigenvalue weighted by Crippen LogP contribution is 2.38. The van der Waals surface area contributed by atoms with Crippen molar-refractivity contribution < 1.29 is 18.3 Å². The van der Waals surface area contributed by atoms with Crippen molar-refractivity contribution in [1.82, 2.24) is 9.29 Å². The molecule has 1 atom stereocenters. The van der Waals surface area contributed by atoms with Crippen LogP contribution in [0, 0.1) is 0 Å². The van der Waals surface area contributed by atoms with Crippen molar-refractivity contribution in [3.05, 3.63) is 40.3 Å². The highest BCUT2D eigenvalue weighted by atomic mass is 32.2. The standard InChI is InChI=1S/C13H14N2O4S2/c16-13(17)10-7-9(8-14-10)21(18,19)15-5-1-3-11(15)12-4-2-6-20-12/h2,4,6-8,11,14H,1,3,5H2,(H,16,17). The van der Waals surface area contributed by atoms with Gasteiger partial charge in [0.15, 0.2) is 0 Å². The summed E-state index contributed by atoms with van der Waals surface area (Å²) >= 11 is 1.54. The van der Waals surface area contributed by atoms with Gasteiger partial charge in [-0.1, -0.05) is 6.07 Å². The summed E-state index contributed by atoms with van der Waals surface area (Å²) in [6.07, 6.45) is 2.83. The van der Waals surface area contributed by atoms with Crippen molar-refractivity contribution in [3.63, 3.8) is 0 Å². The van der Waals surface area contributed by atoms with E-state index in [-0.39, 0.29) is 16.6 Å². The van der Waals surface area contributed by atoms with Crippen LogP contribution in [0.15, 0.2) is 34.7 Å². The van der Waals surface area contributed by atoms with Crippen molar-refractivity contribution in [2.75, 3.05) is 6.54 Å². The molecule has 0 bridgehead atoms. The molecule has 1 unspecified atom stereocenters. The second-order valence-corrected chi connectivity index (χ2v) is 7.71. The number of rotatable bonds is 4. The first kappa shape index (κ1) is 14.3. The third-order valence-corrected chi connectivity index (χ3v) is 6.43. The largest absolute Gasteiger partial charge is 0.477 e. The molecule has 0 amide bonds. The lowest BCUT2D eigenvalue weighted by Crippen LogP contribution is -2.30. The van der Waals surface area contributed by atoms with E-state index < -0.39 is 16.0 Å². The summed E-state index contributed by atoms with van der Waals surface area (Å²) in [7, 11) is -3.68. The van der Waals surface area contributed by atoms with Crippen molar-refractivity contribution >= 4 is 27.3 Å². The van der Waals surface area contributed by atoms with Crippen LogP contribution in [0.25, 0.3) is 0 Å². The molecule has 3 heterocycles. The molecule has 112 valence electrons. The molecule has 1 saturated heterocycles.